The zero-order chi connectivity index (χ0) is 18.0. The molecule has 2 rings (SSSR count). The number of aryl methyl sites for hydroxylation is 1. The van der Waals surface area contributed by atoms with Gasteiger partial charge in [-0.25, -0.2) is 9.78 Å². The van der Waals surface area contributed by atoms with Crippen LogP contribution in [0.3, 0.4) is 0 Å². The first-order chi connectivity index (χ1) is 11.3. The second-order valence-electron chi connectivity index (χ2n) is 5.53. The van der Waals surface area contributed by atoms with E-state index in [2.05, 4.69) is 15.3 Å². The van der Waals surface area contributed by atoms with Crippen LogP contribution in [-0.4, -0.2) is 38.1 Å². The second kappa shape index (κ2) is 6.65. The molecule has 0 radical (unpaired) electrons. The van der Waals surface area contributed by atoms with Crippen LogP contribution in [0, 0.1) is 0 Å². The summed E-state index contributed by atoms with van der Waals surface area (Å²) in [7, 11) is 0. The number of amides is 1. The molecule has 3 N–H and O–H groups in total. The van der Waals surface area contributed by atoms with E-state index in [1.165, 1.54) is 10.6 Å². The molecular formula is C15H18N4O5. The summed E-state index contributed by atoms with van der Waals surface area (Å²) in [6, 6.07) is 1.45. The highest BCUT2D eigenvalue weighted by Crippen LogP contribution is 2.19. The molecule has 1 amide bonds. The molecule has 2 aromatic rings. The minimum atomic E-state index is -1.20. The quantitative estimate of drug-likeness (QED) is 0.707. The number of carbonyl (C=O) groups is 2. The van der Waals surface area contributed by atoms with Gasteiger partial charge in [0, 0.05) is 12.2 Å². The highest BCUT2D eigenvalue weighted by Gasteiger charge is 2.20. The lowest BCUT2D eigenvalue weighted by molar-refractivity contribution is -0.135. The van der Waals surface area contributed by atoms with Crippen LogP contribution >= 0.6 is 0 Å². The van der Waals surface area contributed by atoms with Crippen molar-refractivity contribution in [3.8, 4) is 0 Å². The van der Waals surface area contributed by atoms with Gasteiger partial charge >= 0.3 is 11.7 Å². The van der Waals surface area contributed by atoms with Gasteiger partial charge in [0.2, 0.25) is 0 Å². The van der Waals surface area contributed by atoms with E-state index in [4.69, 9.17) is 5.11 Å². The molecular weight excluding hydrogens is 316 g/mol. The molecule has 0 atom stereocenters. The van der Waals surface area contributed by atoms with Crippen molar-refractivity contribution in [2.75, 3.05) is 6.54 Å². The Morgan fingerprint density at radius 1 is 1.38 bits per heavy atom. The van der Waals surface area contributed by atoms with Crippen LogP contribution in [0.25, 0.3) is 11.0 Å². The Morgan fingerprint density at radius 3 is 2.58 bits per heavy atom. The third-order valence-electron chi connectivity index (χ3n) is 3.52. The number of hydrogen-bond acceptors (Lipinski definition) is 5. The molecule has 128 valence electrons. The van der Waals surface area contributed by atoms with E-state index >= 15 is 0 Å². The maximum absolute atomic E-state index is 12.3. The van der Waals surface area contributed by atoms with Gasteiger partial charge in [-0.3, -0.25) is 23.9 Å². The van der Waals surface area contributed by atoms with Gasteiger partial charge in [0.15, 0.2) is 5.65 Å². The number of aromatic nitrogens is 3. The van der Waals surface area contributed by atoms with E-state index in [0.717, 1.165) is 0 Å². The van der Waals surface area contributed by atoms with Gasteiger partial charge in [0.05, 0.1) is 10.9 Å². The highest BCUT2D eigenvalue weighted by atomic mass is 16.4. The lowest BCUT2D eigenvalue weighted by Gasteiger charge is -2.13. The number of pyridine rings is 1. The zero-order valence-electron chi connectivity index (χ0n) is 13.5. The first-order valence-electron chi connectivity index (χ1n) is 7.44. The van der Waals surface area contributed by atoms with E-state index in [-0.39, 0.29) is 29.1 Å². The minimum absolute atomic E-state index is 0.00611. The maximum Gasteiger partial charge on any atom is 0.329 e. The van der Waals surface area contributed by atoms with Crippen LogP contribution in [0.4, 0.5) is 0 Å². The predicted molar refractivity (Wildman–Crippen MR) is 86.4 cm³/mol. The number of hydrogen-bond donors (Lipinski definition) is 3. The molecule has 0 unspecified atom stereocenters. The third-order valence-corrected chi connectivity index (χ3v) is 3.52. The summed E-state index contributed by atoms with van der Waals surface area (Å²) >= 11 is 0. The average Bonchev–Trinajstić information content (AvgIpc) is 2.51. The number of rotatable bonds is 5. The number of nitrogens with one attached hydrogen (secondary N) is 2. The van der Waals surface area contributed by atoms with E-state index in [0.29, 0.717) is 5.69 Å². The Kier molecular flexibility index (Phi) is 4.82. The SMILES string of the molecule is CCn1c(=O)[nH]c(=O)c2c(C(=O)NCC(=O)O)cc(C(C)C)nc21. The van der Waals surface area contributed by atoms with Gasteiger partial charge in [-0.1, -0.05) is 13.8 Å². The molecule has 0 aromatic carbocycles. The average molecular weight is 334 g/mol. The summed E-state index contributed by atoms with van der Waals surface area (Å²) in [5.74, 6) is -1.97. The van der Waals surface area contributed by atoms with Crippen molar-refractivity contribution < 1.29 is 14.7 Å². The largest absolute Gasteiger partial charge is 0.480 e. The fraction of sp³-hybridized carbons (Fsp3) is 0.400. The van der Waals surface area contributed by atoms with Crippen molar-refractivity contribution in [2.45, 2.75) is 33.2 Å². The monoisotopic (exact) mass is 334 g/mol. The lowest BCUT2D eigenvalue weighted by atomic mass is 10.0. The fourth-order valence-electron chi connectivity index (χ4n) is 2.31. The number of H-pyrrole nitrogens is 1. The normalized spacial score (nSPS) is 11.0. The lowest BCUT2D eigenvalue weighted by Crippen LogP contribution is -2.34. The zero-order valence-corrected chi connectivity index (χ0v) is 13.5. The van der Waals surface area contributed by atoms with Crippen molar-refractivity contribution in [3.05, 3.63) is 38.2 Å². The smallest absolute Gasteiger partial charge is 0.329 e. The van der Waals surface area contributed by atoms with Crippen molar-refractivity contribution in [1.29, 1.82) is 0 Å². The number of nitrogens with zero attached hydrogens (tertiary/aromatic N) is 2. The summed E-state index contributed by atoms with van der Waals surface area (Å²) in [5.41, 5.74) is -0.718. The Bertz CT molecular complexity index is 926. The summed E-state index contributed by atoms with van der Waals surface area (Å²) in [6.45, 7) is 5.11. The number of carboxylic acid groups (broad SMARTS) is 1. The standard InChI is InChI=1S/C15H18N4O5/c1-4-19-12-11(14(23)18-15(19)24)8(5-9(17-12)7(2)3)13(22)16-6-10(20)21/h5,7H,4,6H2,1-3H3,(H,16,22)(H,20,21)(H,18,23,24). The molecule has 2 aromatic heterocycles. The van der Waals surface area contributed by atoms with Crippen LogP contribution in [0.15, 0.2) is 15.7 Å². The van der Waals surface area contributed by atoms with E-state index in [1.807, 2.05) is 13.8 Å². The Hall–Kier alpha value is -2.97. The first kappa shape index (κ1) is 17.4. The van der Waals surface area contributed by atoms with Crippen LogP contribution in [0.5, 0.6) is 0 Å². The number of fused-ring (bicyclic) bond motifs is 1. The Labute approximate surface area is 136 Å². The second-order valence-corrected chi connectivity index (χ2v) is 5.53. The van der Waals surface area contributed by atoms with Crippen molar-refractivity contribution >= 4 is 22.9 Å². The van der Waals surface area contributed by atoms with Crippen LogP contribution < -0.4 is 16.6 Å². The van der Waals surface area contributed by atoms with E-state index < -0.39 is 29.7 Å². The number of carboxylic acids is 1. The molecule has 0 spiro atoms. The molecule has 0 fully saturated rings. The Morgan fingerprint density at radius 2 is 2.04 bits per heavy atom. The number of carbonyl (C=O) groups excluding carboxylic acids is 1. The number of aliphatic carboxylic acids is 1. The van der Waals surface area contributed by atoms with Gasteiger partial charge < -0.3 is 10.4 Å². The van der Waals surface area contributed by atoms with E-state index in [9.17, 15) is 19.2 Å². The molecule has 9 nitrogen and oxygen atoms in total. The van der Waals surface area contributed by atoms with E-state index in [1.54, 1.807) is 6.92 Å². The van der Waals surface area contributed by atoms with Gasteiger partial charge in [-0.15, -0.1) is 0 Å². The van der Waals surface area contributed by atoms with Crippen molar-refractivity contribution in [1.82, 2.24) is 19.9 Å². The van der Waals surface area contributed by atoms with Crippen molar-refractivity contribution in [3.63, 3.8) is 0 Å². The summed E-state index contributed by atoms with van der Waals surface area (Å²) in [6.07, 6.45) is 0. The van der Waals surface area contributed by atoms with Crippen molar-refractivity contribution in [2.24, 2.45) is 0 Å². The van der Waals surface area contributed by atoms with Crippen LogP contribution in [0.1, 0.15) is 42.7 Å². The molecule has 9 heteroatoms. The maximum atomic E-state index is 12.3. The van der Waals surface area contributed by atoms with Gasteiger partial charge in [0.25, 0.3) is 11.5 Å². The Balaban J connectivity index is 2.82. The minimum Gasteiger partial charge on any atom is -0.480 e. The first-order valence-corrected chi connectivity index (χ1v) is 7.44. The third kappa shape index (κ3) is 3.19. The van der Waals surface area contributed by atoms with Crippen LogP contribution in [-0.2, 0) is 11.3 Å². The summed E-state index contributed by atoms with van der Waals surface area (Å²) in [5, 5.41) is 10.9. The molecule has 0 aliphatic heterocycles. The van der Waals surface area contributed by atoms with Gasteiger partial charge in [-0.05, 0) is 18.9 Å². The topological polar surface area (TPSA) is 134 Å². The molecule has 0 saturated heterocycles. The molecule has 2 heterocycles. The highest BCUT2D eigenvalue weighted by molar-refractivity contribution is 6.06. The molecule has 0 aliphatic carbocycles. The molecule has 0 saturated carbocycles. The number of aromatic amines is 1. The molecule has 0 aliphatic rings. The predicted octanol–water partition coefficient (Wildman–Crippen LogP) is 0.0425. The molecule has 24 heavy (non-hydrogen) atoms. The summed E-state index contributed by atoms with van der Waals surface area (Å²) in [4.78, 5) is 53.6. The summed E-state index contributed by atoms with van der Waals surface area (Å²) < 4.78 is 1.26. The molecule has 0 bridgehead atoms. The van der Waals surface area contributed by atoms with Gasteiger partial charge in [-0.2, -0.15) is 0 Å². The fourth-order valence-corrected chi connectivity index (χ4v) is 2.31. The van der Waals surface area contributed by atoms with Crippen LogP contribution in [0.2, 0.25) is 0 Å². The van der Waals surface area contributed by atoms with Gasteiger partial charge in [0.1, 0.15) is 6.54 Å².